The van der Waals surface area contributed by atoms with Gasteiger partial charge in [0.05, 0.1) is 11.3 Å². The molecule has 1 unspecified atom stereocenters. The molecule has 0 saturated heterocycles. The smallest absolute Gasteiger partial charge is 0.212 e. The van der Waals surface area contributed by atoms with Gasteiger partial charge in [-0.1, -0.05) is 59.6 Å². The molecule has 1 rings (SSSR count). The quantitative estimate of drug-likeness (QED) is 0.779. The summed E-state index contributed by atoms with van der Waals surface area (Å²) in [7, 11) is -3.24. The zero-order chi connectivity index (χ0) is 13.6. The maximum Gasteiger partial charge on any atom is 0.212 e. The number of alkyl halides is 1. The Balaban J connectivity index is 2.90. The molecule has 0 saturated carbocycles. The van der Waals surface area contributed by atoms with Gasteiger partial charge in [-0.05, 0) is 18.9 Å². The van der Waals surface area contributed by atoms with E-state index in [1.54, 1.807) is 0 Å². The van der Waals surface area contributed by atoms with Gasteiger partial charge < -0.3 is 0 Å². The molecule has 1 atom stereocenters. The summed E-state index contributed by atoms with van der Waals surface area (Å²) in [6.07, 6.45) is 1.56. The van der Waals surface area contributed by atoms with Gasteiger partial charge >= 0.3 is 0 Å². The molecule has 1 N–H and O–H groups in total. The van der Waals surface area contributed by atoms with Gasteiger partial charge in [0.15, 0.2) is 0 Å². The van der Waals surface area contributed by atoms with Gasteiger partial charge in [0.25, 0.3) is 0 Å². The fraction of sp³-hybridized carbons (Fsp3) is 0.538. The fourth-order valence-electron chi connectivity index (χ4n) is 1.70. The first-order chi connectivity index (χ1) is 8.43. The summed E-state index contributed by atoms with van der Waals surface area (Å²) in [5.74, 6) is 0.179. The summed E-state index contributed by atoms with van der Waals surface area (Å²) in [5.41, 5.74) is 0.357. The molecule has 0 fully saturated rings. The predicted molar refractivity (Wildman–Crippen MR) is 79.4 cm³/mol. The van der Waals surface area contributed by atoms with Crippen LogP contribution in [-0.2, 0) is 15.6 Å². The standard InChI is InChI=1S/C13H20BrNO2S/c1-3-4-10-18(16,17)15-13(2,11-14)12-8-6-5-7-9-12/h5-9,15H,3-4,10-11H2,1-2H3. The molecular weight excluding hydrogens is 314 g/mol. The summed E-state index contributed by atoms with van der Waals surface area (Å²) in [6, 6.07) is 9.62. The van der Waals surface area contributed by atoms with E-state index in [1.165, 1.54) is 0 Å². The first kappa shape index (κ1) is 15.7. The highest BCUT2D eigenvalue weighted by atomic mass is 79.9. The Bertz CT molecular complexity index is 461. The molecule has 102 valence electrons. The molecule has 0 aliphatic heterocycles. The maximum absolute atomic E-state index is 12.0. The predicted octanol–water partition coefficient (Wildman–Crippen LogP) is 3.02. The maximum atomic E-state index is 12.0. The minimum Gasteiger partial charge on any atom is -0.212 e. The van der Waals surface area contributed by atoms with Crippen LogP contribution in [0.25, 0.3) is 0 Å². The van der Waals surface area contributed by atoms with Crippen LogP contribution < -0.4 is 4.72 Å². The van der Waals surface area contributed by atoms with Crippen molar-refractivity contribution in [3.05, 3.63) is 35.9 Å². The van der Waals surface area contributed by atoms with Crippen molar-refractivity contribution in [2.24, 2.45) is 0 Å². The van der Waals surface area contributed by atoms with Crippen LogP contribution in [0.5, 0.6) is 0 Å². The molecule has 0 aliphatic carbocycles. The lowest BCUT2D eigenvalue weighted by Gasteiger charge is -2.29. The van der Waals surface area contributed by atoms with Gasteiger partial charge in [-0.15, -0.1) is 0 Å². The number of unbranched alkanes of at least 4 members (excludes halogenated alkanes) is 1. The third kappa shape index (κ3) is 4.37. The number of sulfonamides is 1. The summed E-state index contributed by atoms with van der Waals surface area (Å²) in [4.78, 5) is 0. The molecule has 0 radical (unpaired) electrons. The highest BCUT2D eigenvalue weighted by molar-refractivity contribution is 9.09. The van der Waals surface area contributed by atoms with Crippen LogP contribution in [0.1, 0.15) is 32.3 Å². The molecule has 18 heavy (non-hydrogen) atoms. The van der Waals surface area contributed by atoms with Crippen molar-refractivity contribution in [2.45, 2.75) is 32.2 Å². The van der Waals surface area contributed by atoms with Crippen molar-refractivity contribution < 1.29 is 8.42 Å². The monoisotopic (exact) mass is 333 g/mol. The van der Waals surface area contributed by atoms with Crippen molar-refractivity contribution in [3.8, 4) is 0 Å². The van der Waals surface area contributed by atoms with Gasteiger partial charge in [-0.2, -0.15) is 0 Å². The molecule has 1 aromatic carbocycles. The first-order valence-electron chi connectivity index (χ1n) is 6.06. The van der Waals surface area contributed by atoms with E-state index < -0.39 is 15.6 Å². The van der Waals surface area contributed by atoms with Gasteiger partial charge in [0.2, 0.25) is 10.0 Å². The van der Waals surface area contributed by atoms with Crippen molar-refractivity contribution in [1.82, 2.24) is 4.72 Å². The molecular formula is C13H20BrNO2S. The van der Waals surface area contributed by atoms with Crippen LogP contribution >= 0.6 is 15.9 Å². The number of halogens is 1. The van der Waals surface area contributed by atoms with Gasteiger partial charge in [-0.3, -0.25) is 0 Å². The van der Waals surface area contributed by atoms with Crippen molar-refractivity contribution in [1.29, 1.82) is 0 Å². The Morgan fingerprint density at radius 1 is 1.28 bits per heavy atom. The second kappa shape index (κ2) is 6.68. The second-order valence-corrected chi connectivity index (χ2v) is 7.01. The number of rotatable bonds is 7. The van der Waals surface area contributed by atoms with E-state index in [-0.39, 0.29) is 5.75 Å². The third-order valence-corrected chi connectivity index (χ3v) is 5.53. The Labute approximate surface area is 118 Å². The number of benzene rings is 1. The molecule has 0 spiro atoms. The second-order valence-electron chi connectivity index (χ2n) is 4.61. The van der Waals surface area contributed by atoms with E-state index in [0.717, 1.165) is 12.0 Å². The average molecular weight is 334 g/mol. The van der Waals surface area contributed by atoms with Crippen LogP contribution in [0.3, 0.4) is 0 Å². The number of nitrogens with one attached hydrogen (secondary N) is 1. The number of hydrogen-bond acceptors (Lipinski definition) is 2. The molecule has 0 heterocycles. The van der Waals surface area contributed by atoms with Gasteiger partial charge in [0, 0.05) is 5.33 Å². The van der Waals surface area contributed by atoms with Crippen LogP contribution in [0.15, 0.2) is 30.3 Å². The van der Waals surface area contributed by atoms with Crippen LogP contribution in [0.2, 0.25) is 0 Å². The Kier molecular flexibility index (Phi) is 5.82. The van der Waals surface area contributed by atoms with E-state index in [4.69, 9.17) is 0 Å². The highest BCUT2D eigenvalue weighted by Gasteiger charge is 2.30. The van der Waals surface area contributed by atoms with E-state index in [1.807, 2.05) is 44.2 Å². The van der Waals surface area contributed by atoms with E-state index in [0.29, 0.717) is 11.8 Å². The molecule has 0 aromatic heterocycles. The van der Waals surface area contributed by atoms with Crippen molar-refractivity contribution in [2.75, 3.05) is 11.1 Å². The molecule has 0 amide bonds. The topological polar surface area (TPSA) is 46.2 Å². The third-order valence-electron chi connectivity index (χ3n) is 2.83. The van der Waals surface area contributed by atoms with E-state index in [2.05, 4.69) is 20.7 Å². The molecule has 0 aliphatic rings. The fourth-order valence-corrected chi connectivity index (χ4v) is 3.99. The van der Waals surface area contributed by atoms with Crippen LogP contribution in [-0.4, -0.2) is 19.5 Å². The lowest BCUT2D eigenvalue weighted by molar-refractivity contribution is 0.481. The van der Waals surface area contributed by atoms with Gasteiger partial charge in [0.1, 0.15) is 0 Å². The Morgan fingerprint density at radius 3 is 2.39 bits per heavy atom. The lowest BCUT2D eigenvalue weighted by Crippen LogP contribution is -2.45. The van der Waals surface area contributed by atoms with E-state index >= 15 is 0 Å². The Hall–Kier alpha value is -0.390. The molecule has 3 nitrogen and oxygen atoms in total. The largest absolute Gasteiger partial charge is 0.212 e. The summed E-state index contributed by atoms with van der Waals surface area (Å²) >= 11 is 3.40. The minimum atomic E-state index is -3.24. The molecule has 1 aromatic rings. The van der Waals surface area contributed by atoms with Crippen LogP contribution in [0, 0.1) is 0 Å². The SMILES string of the molecule is CCCCS(=O)(=O)NC(C)(CBr)c1ccccc1. The first-order valence-corrected chi connectivity index (χ1v) is 8.84. The zero-order valence-electron chi connectivity index (χ0n) is 10.8. The molecule has 5 heteroatoms. The minimum absolute atomic E-state index is 0.179. The Morgan fingerprint density at radius 2 is 1.89 bits per heavy atom. The lowest BCUT2D eigenvalue weighted by atomic mass is 9.96. The van der Waals surface area contributed by atoms with Crippen molar-refractivity contribution >= 4 is 26.0 Å². The van der Waals surface area contributed by atoms with Gasteiger partial charge in [-0.25, -0.2) is 13.1 Å². The summed E-state index contributed by atoms with van der Waals surface area (Å²) in [5, 5.41) is 0.537. The average Bonchev–Trinajstić information content (AvgIpc) is 2.37. The van der Waals surface area contributed by atoms with Crippen LogP contribution in [0.4, 0.5) is 0 Å². The summed E-state index contributed by atoms with van der Waals surface area (Å²) in [6.45, 7) is 3.87. The zero-order valence-corrected chi connectivity index (χ0v) is 13.2. The normalized spacial score (nSPS) is 15.3. The van der Waals surface area contributed by atoms with Crippen molar-refractivity contribution in [3.63, 3.8) is 0 Å². The number of hydrogen-bond donors (Lipinski definition) is 1. The summed E-state index contributed by atoms with van der Waals surface area (Å²) < 4.78 is 26.8. The highest BCUT2D eigenvalue weighted by Crippen LogP contribution is 2.24. The molecule has 0 bridgehead atoms. The van der Waals surface area contributed by atoms with E-state index in [9.17, 15) is 8.42 Å².